The van der Waals surface area contributed by atoms with Gasteiger partial charge in [-0.2, -0.15) is 0 Å². The molecule has 1 atom stereocenters. The first-order valence-corrected chi connectivity index (χ1v) is 6.91. The summed E-state index contributed by atoms with van der Waals surface area (Å²) in [6.07, 6.45) is 1.12. The number of hydrogen-bond donors (Lipinski definition) is 1. The molecular weight excluding hydrogens is 273 g/mol. The molecule has 0 saturated carbocycles. The topological polar surface area (TPSA) is 57.6 Å². The maximum Gasteiger partial charge on any atom is 0.329 e. The minimum absolute atomic E-state index is 0.223. The third-order valence-corrected chi connectivity index (χ3v) is 3.87. The summed E-state index contributed by atoms with van der Waals surface area (Å²) < 4.78 is 13.1. The highest BCUT2D eigenvalue weighted by Crippen LogP contribution is 2.19. The first-order chi connectivity index (χ1) is 9.66. The number of hydrogen-bond acceptors (Lipinski definition) is 2. The molecule has 0 fully saturated rings. The van der Waals surface area contributed by atoms with E-state index in [0.29, 0.717) is 12.8 Å². The summed E-state index contributed by atoms with van der Waals surface area (Å²) in [6.45, 7) is 4.75. The van der Waals surface area contributed by atoms with Crippen LogP contribution in [-0.4, -0.2) is 34.5 Å². The first kappa shape index (κ1) is 17.1. The second kappa shape index (κ2) is 6.70. The minimum atomic E-state index is -1.25. The highest BCUT2D eigenvalue weighted by atomic mass is 19.1. The maximum absolute atomic E-state index is 13.1. The Balaban J connectivity index is 2.65. The van der Waals surface area contributed by atoms with Crippen LogP contribution < -0.4 is 0 Å². The van der Waals surface area contributed by atoms with Crippen LogP contribution in [0, 0.1) is 11.7 Å². The lowest BCUT2D eigenvalue weighted by molar-refractivity contribution is -0.156. The van der Waals surface area contributed by atoms with E-state index in [1.807, 2.05) is 6.07 Å². The molecule has 1 aromatic carbocycles. The number of carbonyl (C=O) groups is 2. The van der Waals surface area contributed by atoms with Crippen LogP contribution in [-0.2, 0) is 16.0 Å². The average Bonchev–Trinajstić information content (AvgIpc) is 2.42. The van der Waals surface area contributed by atoms with E-state index in [4.69, 9.17) is 5.11 Å². The molecule has 0 heterocycles. The van der Waals surface area contributed by atoms with Gasteiger partial charge in [-0.25, -0.2) is 9.18 Å². The van der Waals surface area contributed by atoms with Crippen LogP contribution in [0.2, 0.25) is 0 Å². The normalized spacial score (nSPS) is 12.8. The summed E-state index contributed by atoms with van der Waals surface area (Å²) in [5.41, 5.74) is -0.417. The molecule has 1 rings (SSSR count). The minimum Gasteiger partial charge on any atom is -0.480 e. The number of likely N-dealkylation sites (N-methyl/N-ethyl adjacent to an activating group) is 1. The van der Waals surface area contributed by atoms with Gasteiger partial charge in [-0.3, -0.25) is 4.79 Å². The van der Waals surface area contributed by atoms with Gasteiger partial charge < -0.3 is 10.0 Å². The number of amides is 1. The molecule has 0 saturated heterocycles. The lowest BCUT2D eigenvalue weighted by Gasteiger charge is -2.33. The SMILES string of the molecule is CC(CCc1cccc(F)c1)C(=O)N(C)C(C)(C)C(=O)O. The summed E-state index contributed by atoms with van der Waals surface area (Å²) in [6, 6.07) is 6.27. The van der Waals surface area contributed by atoms with Gasteiger partial charge in [0.1, 0.15) is 11.4 Å². The number of rotatable bonds is 6. The van der Waals surface area contributed by atoms with Gasteiger partial charge >= 0.3 is 5.97 Å². The molecule has 0 aliphatic carbocycles. The van der Waals surface area contributed by atoms with Crippen molar-refractivity contribution >= 4 is 11.9 Å². The Bertz CT molecular complexity index is 528. The van der Waals surface area contributed by atoms with Crippen molar-refractivity contribution < 1.29 is 19.1 Å². The fourth-order valence-electron chi connectivity index (χ4n) is 1.95. The first-order valence-electron chi connectivity index (χ1n) is 6.91. The van der Waals surface area contributed by atoms with E-state index in [2.05, 4.69) is 0 Å². The second-order valence-corrected chi connectivity index (χ2v) is 5.83. The summed E-state index contributed by atoms with van der Waals surface area (Å²) in [7, 11) is 1.50. The maximum atomic E-state index is 13.1. The molecule has 0 aromatic heterocycles. The molecule has 1 aromatic rings. The van der Waals surface area contributed by atoms with E-state index < -0.39 is 11.5 Å². The van der Waals surface area contributed by atoms with E-state index in [0.717, 1.165) is 5.56 Å². The molecule has 5 heteroatoms. The zero-order chi connectivity index (χ0) is 16.2. The van der Waals surface area contributed by atoms with E-state index in [1.54, 1.807) is 13.0 Å². The van der Waals surface area contributed by atoms with Crippen LogP contribution in [0.15, 0.2) is 24.3 Å². The Morgan fingerprint density at radius 3 is 2.52 bits per heavy atom. The van der Waals surface area contributed by atoms with Crippen molar-refractivity contribution in [3.05, 3.63) is 35.6 Å². The molecule has 1 N–H and O–H groups in total. The number of aryl methyl sites for hydroxylation is 1. The second-order valence-electron chi connectivity index (χ2n) is 5.83. The molecule has 4 nitrogen and oxygen atoms in total. The molecule has 0 aliphatic heterocycles. The molecule has 1 amide bonds. The summed E-state index contributed by atoms with van der Waals surface area (Å²) in [5.74, 6) is -1.89. The fourth-order valence-corrected chi connectivity index (χ4v) is 1.95. The van der Waals surface area contributed by atoms with Crippen LogP contribution in [0.4, 0.5) is 4.39 Å². The van der Waals surface area contributed by atoms with Gasteiger partial charge in [0.15, 0.2) is 0 Å². The lowest BCUT2D eigenvalue weighted by Crippen LogP contribution is -2.52. The van der Waals surface area contributed by atoms with Crippen LogP contribution in [0.3, 0.4) is 0 Å². The van der Waals surface area contributed by atoms with Gasteiger partial charge in [0, 0.05) is 13.0 Å². The fraction of sp³-hybridized carbons (Fsp3) is 0.500. The molecule has 0 aliphatic rings. The Labute approximate surface area is 124 Å². The third-order valence-electron chi connectivity index (χ3n) is 3.87. The highest BCUT2D eigenvalue weighted by molar-refractivity contribution is 5.87. The Morgan fingerprint density at radius 1 is 1.38 bits per heavy atom. The summed E-state index contributed by atoms with van der Waals surface area (Å²) >= 11 is 0. The number of nitrogens with zero attached hydrogens (tertiary/aromatic N) is 1. The average molecular weight is 295 g/mol. The van der Waals surface area contributed by atoms with Crippen molar-refractivity contribution in [1.29, 1.82) is 0 Å². The molecule has 21 heavy (non-hydrogen) atoms. The summed E-state index contributed by atoms with van der Waals surface area (Å²) in [4.78, 5) is 24.7. The van der Waals surface area contributed by atoms with Crippen molar-refractivity contribution in [2.75, 3.05) is 7.05 Å². The Kier molecular flexibility index (Phi) is 5.47. The molecule has 0 radical (unpaired) electrons. The van der Waals surface area contributed by atoms with Crippen molar-refractivity contribution in [2.24, 2.45) is 5.92 Å². The van der Waals surface area contributed by atoms with Gasteiger partial charge in [-0.15, -0.1) is 0 Å². The molecule has 1 unspecified atom stereocenters. The number of aliphatic carboxylic acids is 1. The predicted molar refractivity (Wildman–Crippen MR) is 78.4 cm³/mol. The van der Waals surface area contributed by atoms with Crippen LogP contribution in [0.5, 0.6) is 0 Å². The molecule has 116 valence electrons. The van der Waals surface area contributed by atoms with Crippen molar-refractivity contribution in [2.45, 2.75) is 39.2 Å². The van der Waals surface area contributed by atoms with Crippen molar-refractivity contribution in [3.8, 4) is 0 Å². The number of carboxylic acids is 1. The molecule has 0 bridgehead atoms. The number of halogens is 1. The van der Waals surface area contributed by atoms with Gasteiger partial charge in [-0.1, -0.05) is 19.1 Å². The number of carbonyl (C=O) groups excluding carboxylic acids is 1. The van der Waals surface area contributed by atoms with Crippen molar-refractivity contribution in [3.63, 3.8) is 0 Å². The quantitative estimate of drug-likeness (QED) is 0.878. The van der Waals surface area contributed by atoms with E-state index in [9.17, 15) is 14.0 Å². The molecule has 0 spiro atoms. The van der Waals surface area contributed by atoms with E-state index in [-0.39, 0.29) is 17.6 Å². The van der Waals surface area contributed by atoms with Crippen molar-refractivity contribution in [1.82, 2.24) is 4.90 Å². The largest absolute Gasteiger partial charge is 0.480 e. The zero-order valence-corrected chi connectivity index (χ0v) is 12.9. The zero-order valence-electron chi connectivity index (χ0n) is 12.9. The van der Waals surface area contributed by atoms with Crippen LogP contribution >= 0.6 is 0 Å². The number of carboxylic acid groups (broad SMARTS) is 1. The Hall–Kier alpha value is -1.91. The number of benzene rings is 1. The van der Waals surface area contributed by atoms with Crippen LogP contribution in [0.1, 0.15) is 32.8 Å². The lowest BCUT2D eigenvalue weighted by atomic mass is 9.96. The standard InChI is InChI=1S/C16H22FNO3/c1-11(8-9-12-6-5-7-13(17)10-12)14(19)18(4)16(2,3)15(20)21/h5-7,10-11H,8-9H2,1-4H3,(H,20,21). The van der Waals surface area contributed by atoms with Crippen LogP contribution in [0.25, 0.3) is 0 Å². The Morgan fingerprint density at radius 2 is 2.00 bits per heavy atom. The summed E-state index contributed by atoms with van der Waals surface area (Å²) in [5, 5.41) is 9.15. The van der Waals surface area contributed by atoms with Gasteiger partial charge in [0.05, 0.1) is 0 Å². The van der Waals surface area contributed by atoms with Gasteiger partial charge in [-0.05, 0) is 44.4 Å². The third kappa shape index (κ3) is 4.28. The predicted octanol–water partition coefficient (Wildman–Crippen LogP) is 2.72. The van der Waals surface area contributed by atoms with E-state index in [1.165, 1.54) is 37.9 Å². The highest BCUT2D eigenvalue weighted by Gasteiger charge is 2.36. The molecular formula is C16H22FNO3. The van der Waals surface area contributed by atoms with Gasteiger partial charge in [0.25, 0.3) is 0 Å². The van der Waals surface area contributed by atoms with Gasteiger partial charge in [0.2, 0.25) is 5.91 Å². The smallest absolute Gasteiger partial charge is 0.329 e. The van der Waals surface area contributed by atoms with E-state index >= 15 is 0 Å². The monoisotopic (exact) mass is 295 g/mol.